The van der Waals surface area contributed by atoms with Crippen LogP contribution in [-0.4, -0.2) is 22.1 Å². The van der Waals surface area contributed by atoms with Gasteiger partial charge < -0.3 is 11.1 Å². The second kappa shape index (κ2) is 6.45. The maximum atomic E-state index is 11.8. The van der Waals surface area contributed by atoms with Crippen LogP contribution in [0.25, 0.3) is 0 Å². The van der Waals surface area contributed by atoms with Gasteiger partial charge in [-0.2, -0.15) is 0 Å². The maximum Gasteiger partial charge on any atom is 0.279 e. The minimum atomic E-state index is -0.0500. The molecular formula is C13H24N2OS. The van der Waals surface area contributed by atoms with Crippen LogP contribution in [0.1, 0.15) is 46.5 Å². The lowest BCUT2D eigenvalue weighted by Gasteiger charge is -2.26. The van der Waals surface area contributed by atoms with Crippen molar-refractivity contribution in [2.45, 2.75) is 63.3 Å². The van der Waals surface area contributed by atoms with Gasteiger partial charge in [0.2, 0.25) is 0 Å². The first-order chi connectivity index (χ1) is 7.88. The molecule has 0 fully saturated rings. The Balaban J connectivity index is 2.49. The Kier molecular flexibility index (Phi) is 5.53. The summed E-state index contributed by atoms with van der Waals surface area (Å²) >= 11 is 1.33. The Bertz CT molecular complexity index is 284. The van der Waals surface area contributed by atoms with Crippen molar-refractivity contribution in [3.05, 3.63) is 12.2 Å². The van der Waals surface area contributed by atoms with Gasteiger partial charge in [0.05, 0.1) is 0 Å². The monoisotopic (exact) mass is 256 g/mol. The van der Waals surface area contributed by atoms with Crippen molar-refractivity contribution in [3.63, 3.8) is 0 Å². The molecule has 0 aromatic rings. The van der Waals surface area contributed by atoms with Crippen LogP contribution in [0.2, 0.25) is 0 Å². The van der Waals surface area contributed by atoms with E-state index in [0.717, 1.165) is 25.7 Å². The van der Waals surface area contributed by atoms with E-state index in [4.69, 9.17) is 5.73 Å². The molecule has 1 aliphatic carbocycles. The molecule has 0 saturated heterocycles. The van der Waals surface area contributed by atoms with E-state index in [1.165, 1.54) is 11.8 Å². The van der Waals surface area contributed by atoms with E-state index in [1.807, 2.05) is 20.8 Å². The fourth-order valence-corrected chi connectivity index (χ4v) is 2.60. The van der Waals surface area contributed by atoms with E-state index in [-0.39, 0.29) is 22.1 Å². The predicted molar refractivity (Wildman–Crippen MR) is 75.2 cm³/mol. The van der Waals surface area contributed by atoms with Crippen molar-refractivity contribution in [2.75, 3.05) is 0 Å². The number of rotatable bonds is 1. The number of carbonyl (C=O) groups excluding carboxylic acids is 1. The van der Waals surface area contributed by atoms with E-state index < -0.39 is 0 Å². The molecule has 3 N–H and O–H groups in total. The number of thioether (sulfide) groups is 1. The summed E-state index contributed by atoms with van der Waals surface area (Å²) in [7, 11) is 0. The minimum Gasteiger partial charge on any atom is -0.342 e. The number of nitrogens with two attached hydrogens (primary N) is 1. The second-order valence-electron chi connectivity index (χ2n) is 5.55. The highest BCUT2D eigenvalue weighted by molar-refractivity contribution is 8.14. The molecule has 0 radical (unpaired) electrons. The average Bonchev–Trinajstić information content (AvgIpc) is 2.15. The fraction of sp³-hybridized carbons (Fsp3) is 0.769. The highest BCUT2D eigenvalue weighted by Gasteiger charge is 2.23. The highest BCUT2D eigenvalue weighted by atomic mass is 32.2. The first-order valence-electron chi connectivity index (χ1n) is 6.28. The van der Waals surface area contributed by atoms with E-state index in [9.17, 15) is 4.79 Å². The quantitative estimate of drug-likeness (QED) is 0.709. The molecule has 4 heteroatoms. The molecule has 0 aliphatic heterocycles. The smallest absolute Gasteiger partial charge is 0.279 e. The van der Waals surface area contributed by atoms with E-state index in [1.54, 1.807) is 0 Å². The van der Waals surface area contributed by atoms with Gasteiger partial charge >= 0.3 is 0 Å². The molecule has 98 valence electrons. The van der Waals surface area contributed by atoms with Gasteiger partial charge in [0.25, 0.3) is 5.24 Å². The second-order valence-corrected chi connectivity index (χ2v) is 7.35. The van der Waals surface area contributed by atoms with Crippen LogP contribution in [0.4, 0.5) is 4.79 Å². The first-order valence-corrected chi connectivity index (χ1v) is 7.10. The summed E-state index contributed by atoms with van der Waals surface area (Å²) in [4.78, 5) is 11.8. The van der Waals surface area contributed by atoms with E-state index in [2.05, 4.69) is 17.5 Å². The molecule has 2 atom stereocenters. The lowest BCUT2D eigenvalue weighted by molar-refractivity contribution is 0.254. The van der Waals surface area contributed by atoms with Crippen LogP contribution in [0.3, 0.4) is 0 Å². The number of carbonyl (C=O) groups is 1. The normalized spacial score (nSPS) is 28.0. The summed E-state index contributed by atoms with van der Waals surface area (Å²) in [6.45, 7) is 6.11. The number of nitrogens with one attached hydrogen (secondary N) is 1. The van der Waals surface area contributed by atoms with Crippen molar-refractivity contribution in [2.24, 2.45) is 5.73 Å². The number of hydrogen-bond acceptors (Lipinski definition) is 3. The molecule has 1 amide bonds. The number of allylic oxidation sites excluding steroid dienone is 1. The summed E-state index contributed by atoms with van der Waals surface area (Å²) in [5, 5.41) is 3.07. The maximum absolute atomic E-state index is 11.8. The first kappa shape index (κ1) is 14.6. The molecule has 0 saturated carbocycles. The zero-order chi connectivity index (χ0) is 12.9. The third kappa shape index (κ3) is 6.13. The molecule has 3 nitrogen and oxygen atoms in total. The molecule has 0 aromatic heterocycles. The third-order valence-electron chi connectivity index (χ3n) is 2.68. The molecule has 1 rings (SSSR count). The highest BCUT2D eigenvalue weighted by Crippen LogP contribution is 2.24. The molecule has 0 aromatic carbocycles. The van der Waals surface area contributed by atoms with Crippen LogP contribution in [-0.2, 0) is 0 Å². The van der Waals surface area contributed by atoms with Crippen molar-refractivity contribution in [1.29, 1.82) is 0 Å². The Hall–Kier alpha value is -0.480. The molecule has 17 heavy (non-hydrogen) atoms. The summed E-state index contributed by atoms with van der Waals surface area (Å²) in [6, 6.07) is 0.151. The largest absolute Gasteiger partial charge is 0.342 e. The van der Waals surface area contributed by atoms with Gasteiger partial charge in [-0.3, -0.25) is 4.79 Å². The number of amides is 1. The van der Waals surface area contributed by atoms with Crippen molar-refractivity contribution in [1.82, 2.24) is 5.32 Å². The van der Waals surface area contributed by atoms with Crippen LogP contribution in [0.5, 0.6) is 0 Å². The third-order valence-corrected chi connectivity index (χ3v) is 3.60. The van der Waals surface area contributed by atoms with Gasteiger partial charge in [0, 0.05) is 16.8 Å². The summed E-state index contributed by atoms with van der Waals surface area (Å²) in [6.07, 6.45) is 8.35. The zero-order valence-electron chi connectivity index (χ0n) is 11.0. The molecule has 0 bridgehead atoms. The summed E-state index contributed by atoms with van der Waals surface area (Å²) in [5.41, 5.74) is 6.10. The Morgan fingerprint density at radius 2 is 2.12 bits per heavy atom. The topological polar surface area (TPSA) is 55.1 Å². The minimum absolute atomic E-state index is 0.0342. The Morgan fingerprint density at radius 3 is 2.76 bits per heavy atom. The van der Waals surface area contributed by atoms with Crippen LogP contribution < -0.4 is 11.1 Å². The molecule has 0 unspecified atom stereocenters. The number of hydrogen-bond donors (Lipinski definition) is 2. The van der Waals surface area contributed by atoms with E-state index >= 15 is 0 Å². The lowest BCUT2D eigenvalue weighted by Crippen LogP contribution is -2.47. The summed E-state index contributed by atoms with van der Waals surface area (Å²) in [5.74, 6) is 0. The molecule has 0 heterocycles. The standard InChI is InChI=1S/C13H24N2OS/c1-13(2,3)17-12(16)15-11-9-7-5-4-6-8-10(11)14/h5,7,10-11H,4,6,8-9,14H2,1-3H3,(H,15,16)/b7-5+/t10-,11+/m1/s1. The van der Waals surface area contributed by atoms with Gasteiger partial charge in [-0.05, 0) is 25.7 Å². The molecule has 0 spiro atoms. The van der Waals surface area contributed by atoms with Crippen LogP contribution in [0.15, 0.2) is 12.2 Å². The Morgan fingerprint density at radius 1 is 1.41 bits per heavy atom. The SMILES string of the molecule is CC(C)(C)SC(=O)N[C@H]1C/C=C/CCC[C@H]1N. The van der Waals surface area contributed by atoms with Crippen LogP contribution >= 0.6 is 11.8 Å². The van der Waals surface area contributed by atoms with Gasteiger partial charge in [-0.25, -0.2) is 0 Å². The molecule has 1 aliphatic rings. The van der Waals surface area contributed by atoms with Crippen molar-refractivity contribution >= 4 is 17.0 Å². The zero-order valence-corrected chi connectivity index (χ0v) is 11.8. The average molecular weight is 256 g/mol. The van der Waals surface area contributed by atoms with E-state index in [0.29, 0.717) is 0 Å². The predicted octanol–water partition coefficient (Wildman–Crippen LogP) is 3.05. The van der Waals surface area contributed by atoms with Gasteiger partial charge in [0.1, 0.15) is 0 Å². The summed E-state index contributed by atoms with van der Waals surface area (Å²) < 4.78 is -0.0500. The lowest BCUT2D eigenvalue weighted by atomic mass is 9.97. The van der Waals surface area contributed by atoms with Gasteiger partial charge in [0.15, 0.2) is 0 Å². The van der Waals surface area contributed by atoms with Gasteiger partial charge in [-0.15, -0.1) is 0 Å². The fourth-order valence-electron chi connectivity index (χ4n) is 1.83. The molecular weight excluding hydrogens is 232 g/mol. The van der Waals surface area contributed by atoms with Gasteiger partial charge in [-0.1, -0.05) is 44.7 Å². The Labute approximate surface area is 109 Å². The van der Waals surface area contributed by atoms with Crippen molar-refractivity contribution < 1.29 is 4.79 Å². The van der Waals surface area contributed by atoms with Crippen molar-refractivity contribution in [3.8, 4) is 0 Å². The van der Waals surface area contributed by atoms with Crippen LogP contribution in [0, 0.1) is 0 Å².